The predicted octanol–water partition coefficient (Wildman–Crippen LogP) is 1.23. The van der Waals surface area contributed by atoms with E-state index in [0.717, 1.165) is 12.6 Å². The second-order valence-corrected chi connectivity index (χ2v) is 5.72. The lowest BCUT2D eigenvalue weighted by atomic mass is 10.1. The third-order valence-corrected chi connectivity index (χ3v) is 4.02. The smallest absolute Gasteiger partial charge is 0.237 e. The molecule has 1 amide bonds. The molecule has 3 fully saturated rings. The topological polar surface area (TPSA) is 23.6 Å². The van der Waals surface area contributed by atoms with Gasteiger partial charge in [0.1, 0.15) is 0 Å². The van der Waals surface area contributed by atoms with E-state index in [2.05, 4.69) is 23.6 Å². The van der Waals surface area contributed by atoms with Crippen LogP contribution in [0.5, 0.6) is 0 Å². The number of hydrogen-bond donors (Lipinski definition) is 0. The summed E-state index contributed by atoms with van der Waals surface area (Å²) in [4.78, 5) is 16.7. The van der Waals surface area contributed by atoms with E-state index in [-0.39, 0.29) is 5.54 Å². The summed E-state index contributed by atoms with van der Waals surface area (Å²) < 4.78 is 0. The van der Waals surface area contributed by atoms with Crippen molar-refractivity contribution in [3.63, 3.8) is 0 Å². The average molecular weight is 208 g/mol. The summed E-state index contributed by atoms with van der Waals surface area (Å²) in [6.45, 7) is 6.10. The molecular formula is C12H20N2O. The Balaban J connectivity index is 1.79. The Morgan fingerprint density at radius 2 is 2.00 bits per heavy atom. The summed E-state index contributed by atoms with van der Waals surface area (Å²) in [5.41, 5.74) is 0.242. The first-order valence-electron chi connectivity index (χ1n) is 6.19. The zero-order valence-electron chi connectivity index (χ0n) is 9.70. The van der Waals surface area contributed by atoms with E-state index >= 15 is 0 Å². The van der Waals surface area contributed by atoms with Gasteiger partial charge in [0, 0.05) is 18.6 Å². The van der Waals surface area contributed by atoms with Gasteiger partial charge in [0.05, 0.1) is 12.1 Å². The molecule has 0 aromatic carbocycles. The molecule has 2 aliphatic carbocycles. The highest BCUT2D eigenvalue weighted by Gasteiger charge is 2.56. The van der Waals surface area contributed by atoms with Gasteiger partial charge >= 0.3 is 0 Å². The second kappa shape index (κ2) is 2.97. The van der Waals surface area contributed by atoms with Crippen molar-refractivity contribution in [2.75, 3.05) is 13.1 Å². The van der Waals surface area contributed by atoms with Crippen LogP contribution in [0.15, 0.2) is 0 Å². The fourth-order valence-electron chi connectivity index (χ4n) is 3.10. The number of hydrogen-bond acceptors (Lipinski definition) is 2. The molecule has 3 heteroatoms. The van der Waals surface area contributed by atoms with E-state index in [9.17, 15) is 4.79 Å². The third kappa shape index (κ3) is 1.48. The maximum Gasteiger partial charge on any atom is 0.237 e. The molecule has 1 spiro atoms. The van der Waals surface area contributed by atoms with Crippen LogP contribution in [0.4, 0.5) is 0 Å². The second-order valence-electron chi connectivity index (χ2n) is 5.72. The van der Waals surface area contributed by atoms with Crippen LogP contribution in [0.1, 0.15) is 39.5 Å². The number of nitrogens with zero attached hydrogens (tertiary/aromatic N) is 2. The quantitative estimate of drug-likeness (QED) is 0.681. The molecule has 0 radical (unpaired) electrons. The van der Waals surface area contributed by atoms with Crippen LogP contribution in [-0.4, -0.2) is 46.4 Å². The number of carbonyl (C=O) groups is 1. The molecule has 0 N–H and O–H groups in total. The molecule has 1 aliphatic heterocycles. The standard InChI is InChI=1S/C12H20N2O/c1-9(2)14-11(15)7-13(10-3-4-10)8-12(14)5-6-12/h9-10H,3-8H2,1-2H3. The van der Waals surface area contributed by atoms with E-state index in [1.54, 1.807) is 0 Å². The molecule has 3 rings (SSSR count). The Morgan fingerprint density at radius 1 is 1.33 bits per heavy atom. The van der Waals surface area contributed by atoms with Crippen molar-refractivity contribution in [1.29, 1.82) is 0 Å². The fourth-order valence-corrected chi connectivity index (χ4v) is 3.10. The normalized spacial score (nSPS) is 30.3. The van der Waals surface area contributed by atoms with Crippen molar-refractivity contribution >= 4 is 5.91 Å². The summed E-state index contributed by atoms with van der Waals surface area (Å²) in [5, 5.41) is 0. The molecule has 3 nitrogen and oxygen atoms in total. The van der Waals surface area contributed by atoms with Crippen molar-refractivity contribution in [1.82, 2.24) is 9.80 Å². The van der Waals surface area contributed by atoms with Gasteiger partial charge in [-0.3, -0.25) is 9.69 Å². The van der Waals surface area contributed by atoms with Gasteiger partial charge in [-0.2, -0.15) is 0 Å². The van der Waals surface area contributed by atoms with Crippen LogP contribution in [0.25, 0.3) is 0 Å². The summed E-state index contributed by atoms with van der Waals surface area (Å²) in [5.74, 6) is 0.362. The van der Waals surface area contributed by atoms with Crippen molar-refractivity contribution in [3.8, 4) is 0 Å². The van der Waals surface area contributed by atoms with E-state index in [1.807, 2.05) is 0 Å². The summed E-state index contributed by atoms with van der Waals surface area (Å²) in [6.07, 6.45) is 5.07. The molecule has 0 bridgehead atoms. The highest BCUT2D eigenvalue weighted by Crippen LogP contribution is 2.47. The van der Waals surface area contributed by atoms with Crippen molar-refractivity contribution in [3.05, 3.63) is 0 Å². The number of amides is 1. The molecule has 3 aliphatic rings. The SMILES string of the molecule is CC(C)N1C(=O)CN(C2CC2)CC12CC2. The maximum absolute atomic E-state index is 12.1. The lowest BCUT2D eigenvalue weighted by molar-refractivity contribution is -0.144. The molecule has 0 atom stereocenters. The summed E-state index contributed by atoms with van der Waals surface area (Å²) in [7, 11) is 0. The molecular weight excluding hydrogens is 188 g/mol. The minimum Gasteiger partial charge on any atom is -0.332 e. The van der Waals surface area contributed by atoms with Crippen molar-refractivity contribution in [2.45, 2.75) is 57.2 Å². The number of carbonyl (C=O) groups excluding carboxylic acids is 1. The lowest BCUT2D eigenvalue weighted by Gasteiger charge is -2.44. The molecule has 84 valence electrons. The predicted molar refractivity (Wildman–Crippen MR) is 58.5 cm³/mol. The van der Waals surface area contributed by atoms with Gasteiger partial charge in [-0.25, -0.2) is 0 Å². The Kier molecular flexibility index (Phi) is 1.91. The van der Waals surface area contributed by atoms with Crippen LogP contribution in [0.2, 0.25) is 0 Å². The summed E-state index contributed by atoms with van der Waals surface area (Å²) >= 11 is 0. The molecule has 2 saturated carbocycles. The fraction of sp³-hybridized carbons (Fsp3) is 0.917. The van der Waals surface area contributed by atoms with E-state index in [1.165, 1.54) is 25.7 Å². The van der Waals surface area contributed by atoms with Crippen LogP contribution in [0, 0.1) is 0 Å². The largest absolute Gasteiger partial charge is 0.332 e. The highest BCUT2D eigenvalue weighted by molar-refractivity contribution is 5.81. The maximum atomic E-state index is 12.1. The Bertz CT molecular complexity index is 292. The minimum absolute atomic E-state index is 0.242. The number of piperazine rings is 1. The third-order valence-electron chi connectivity index (χ3n) is 4.02. The molecule has 0 aromatic heterocycles. The highest BCUT2D eigenvalue weighted by atomic mass is 16.2. The van der Waals surface area contributed by atoms with E-state index < -0.39 is 0 Å². The zero-order valence-corrected chi connectivity index (χ0v) is 9.70. The average Bonchev–Trinajstić information content (AvgIpc) is 2.95. The first-order chi connectivity index (χ1) is 7.12. The first kappa shape index (κ1) is 9.64. The Hall–Kier alpha value is -0.570. The van der Waals surface area contributed by atoms with Gasteiger partial charge < -0.3 is 4.90 Å². The van der Waals surface area contributed by atoms with Crippen molar-refractivity contribution < 1.29 is 4.79 Å². The summed E-state index contributed by atoms with van der Waals surface area (Å²) in [6, 6.07) is 1.11. The molecule has 0 aromatic rings. The van der Waals surface area contributed by atoms with Gasteiger partial charge in [0.2, 0.25) is 5.91 Å². The van der Waals surface area contributed by atoms with Gasteiger partial charge in [-0.05, 0) is 39.5 Å². The van der Waals surface area contributed by atoms with Gasteiger partial charge in [0.15, 0.2) is 0 Å². The van der Waals surface area contributed by atoms with E-state index in [4.69, 9.17) is 0 Å². The van der Waals surface area contributed by atoms with Crippen LogP contribution in [0.3, 0.4) is 0 Å². The Labute approximate surface area is 91.4 Å². The van der Waals surface area contributed by atoms with Crippen LogP contribution in [-0.2, 0) is 4.79 Å². The molecule has 15 heavy (non-hydrogen) atoms. The van der Waals surface area contributed by atoms with Crippen LogP contribution < -0.4 is 0 Å². The Morgan fingerprint density at radius 3 is 2.47 bits per heavy atom. The molecule has 1 heterocycles. The zero-order chi connectivity index (χ0) is 10.6. The molecule has 1 saturated heterocycles. The lowest BCUT2D eigenvalue weighted by Crippen LogP contribution is -2.60. The first-order valence-corrected chi connectivity index (χ1v) is 6.19. The number of rotatable bonds is 2. The van der Waals surface area contributed by atoms with Crippen molar-refractivity contribution in [2.24, 2.45) is 0 Å². The van der Waals surface area contributed by atoms with Gasteiger partial charge in [-0.15, -0.1) is 0 Å². The van der Waals surface area contributed by atoms with E-state index in [0.29, 0.717) is 18.5 Å². The van der Waals surface area contributed by atoms with Gasteiger partial charge in [0.25, 0.3) is 0 Å². The van der Waals surface area contributed by atoms with Crippen LogP contribution >= 0.6 is 0 Å². The minimum atomic E-state index is 0.242. The molecule has 0 unspecified atom stereocenters. The van der Waals surface area contributed by atoms with Gasteiger partial charge in [-0.1, -0.05) is 0 Å². The monoisotopic (exact) mass is 208 g/mol.